The Kier molecular flexibility index (Phi) is 2.61. The van der Waals surface area contributed by atoms with Gasteiger partial charge in [-0.25, -0.2) is 0 Å². The summed E-state index contributed by atoms with van der Waals surface area (Å²) in [6.07, 6.45) is 0.827. The molecule has 1 aliphatic carbocycles. The van der Waals surface area contributed by atoms with E-state index >= 15 is 0 Å². The van der Waals surface area contributed by atoms with Crippen molar-refractivity contribution in [3.8, 4) is 11.8 Å². The van der Waals surface area contributed by atoms with Crippen LogP contribution in [0.25, 0.3) is 0 Å². The number of aliphatic hydroxyl groups excluding tert-OH is 1. The van der Waals surface area contributed by atoms with Crippen molar-refractivity contribution >= 4 is 0 Å². The smallest absolute Gasteiger partial charge is 0.122 e. The molecule has 2 rings (SSSR count). The van der Waals surface area contributed by atoms with E-state index in [1.165, 1.54) is 0 Å². The zero-order valence-electron chi connectivity index (χ0n) is 8.60. The third-order valence-corrected chi connectivity index (χ3v) is 2.96. The lowest BCUT2D eigenvalue weighted by molar-refractivity contribution is 0.120. The van der Waals surface area contributed by atoms with Crippen molar-refractivity contribution in [1.82, 2.24) is 0 Å². The van der Waals surface area contributed by atoms with Crippen LogP contribution in [0.15, 0.2) is 18.2 Å². The van der Waals surface area contributed by atoms with Gasteiger partial charge in [0, 0.05) is 0 Å². The fraction of sp³-hybridized carbons (Fsp3) is 0.417. The second kappa shape index (κ2) is 3.92. The van der Waals surface area contributed by atoms with Gasteiger partial charge in [0.25, 0.3) is 0 Å². The molecule has 15 heavy (non-hydrogen) atoms. The second-order valence-corrected chi connectivity index (χ2v) is 3.75. The fourth-order valence-electron chi connectivity index (χ4n) is 2.13. The van der Waals surface area contributed by atoms with Crippen LogP contribution in [0.1, 0.15) is 23.7 Å². The van der Waals surface area contributed by atoms with E-state index in [-0.39, 0.29) is 5.92 Å². The van der Waals surface area contributed by atoms with Crippen molar-refractivity contribution in [1.29, 1.82) is 5.26 Å². The summed E-state index contributed by atoms with van der Waals surface area (Å²) >= 11 is 0. The number of benzene rings is 1. The molecule has 0 bridgehead atoms. The standard InChI is InChI=1S/C12H13NO2/c1-15-11-4-2-3-10-9(11)6-5-8(7-13)12(10)14/h2-4,8,12,14H,5-6H2,1H3. The Morgan fingerprint density at radius 2 is 2.33 bits per heavy atom. The van der Waals surface area contributed by atoms with Crippen molar-refractivity contribution in [2.24, 2.45) is 5.92 Å². The average molecular weight is 203 g/mol. The molecule has 2 unspecified atom stereocenters. The summed E-state index contributed by atoms with van der Waals surface area (Å²) in [5.41, 5.74) is 1.88. The Morgan fingerprint density at radius 3 is 3.00 bits per heavy atom. The van der Waals surface area contributed by atoms with Gasteiger partial charge >= 0.3 is 0 Å². The largest absolute Gasteiger partial charge is 0.496 e. The van der Waals surface area contributed by atoms with Crippen molar-refractivity contribution in [3.05, 3.63) is 29.3 Å². The fourth-order valence-corrected chi connectivity index (χ4v) is 2.13. The van der Waals surface area contributed by atoms with E-state index in [4.69, 9.17) is 10.00 Å². The number of fused-ring (bicyclic) bond motifs is 1. The summed E-state index contributed by atoms with van der Waals surface area (Å²) in [6.45, 7) is 0. The van der Waals surface area contributed by atoms with Gasteiger partial charge in [-0.3, -0.25) is 0 Å². The predicted molar refractivity (Wildman–Crippen MR) is 55.4 cm³/mol. The molecule has 0 saturated carbocycles. The summed E-state index contributed by atoms with van der Waals surface area (Å²) in [5, 5.41) is 18.8. The van der Waals surface area contributed by atoms with E-state index in [1.807, 2.05) is 18.2 Å². The molecule has 0 saturated heterocycles. The first-order chi connectivity index (χ1) is 7.27. The molecule has 0 heterocycles. The summed E-state index contributed by atoms with van der Waals surface area (Å²) in [7, 11) is 1.62. The Hall–Kier alpha value is -1.53. The summed E-state index contributed by atoms with van der Waals surface area (Å²) in [4.78, 5) is 0. The molecule has 3 nitrogen and oxygen atoms in total. The monoisotopic (exact) mass is 203 g/mol. The number of hydrogen-bond donors (Lipinski definition) is 1. The topological polar surface area (TPSA) is 53.2 Å². The number of rotatable bonds is 1. The molecule has 1 aromatic carbocycles. The highest BCUT2D eigenvalue weighted by atomic mass is 16.5. The van der Waals surface area contributed by atoms with Crippen molar-refractivity contribution in [2.75, 3.05) is 7.11 Å². The molecular weight excluding hydrogens is 190 g/mol. The molecule has 2 atom stereocenters. The van der Waals surface area contributed by atoms with Gasteiger partial charge in [-0.1, -0.05) is 12.1 Å². The molecule has 1 aromatic rings. The summed E-state index contributed by atoms with van der Waals surface area (Å²) in [5.74, 6) is 0.521. The number of nitriles is 1. The van der Waals surface area contributed by atoms with Gasteiger partial charge in [0.05, 0.1) is 25.2 Å². The molecule has 0 fully saturated rings. The van der Waals surface area contributed by atoms with Gasteiger partial charge in [-0.05, 0) is 30.0 Å². The Balaban J connectivity index is 2.45. The molecule has 3 heteroatoms. The molecular formula is C12H13NO2. The second-order valence-electron chi connectivity index (χ2n) is 3.75. The first-order valence-corrected chi connectivity index (χ1v) is 5.01. The van der Waals surface area contributed by atoms with E-state index in [0.717, 1.165) is 23.3 Å². The van der Waals surface area contributed by atoms with Crippen molar-refractivity contribution < 1.29 is 9.84 Å². The van der Waals surface area contributed by atoms with E-state index in [9.17, 15) is 5.11 Å². The predicted octanol–water partition coefficient (Wildman–Crippen LogP) is 1.81. The third kappa shape index (κ3) is 1.57. The first kappa shape index (κ1) is 10.0. The minimum atomic E-state index is -0.672. The maximum atomic E-state index is 9.96. The first-order valence-electron chi connectivity index (χ1n) is 5.01. The van der Waals surface area contributed by atoms with Crippen LogP contribution in [0.5, 0.6) is 5.75 Å². The van der Waals surface area contributed by atoms with Crippen LogP contribution in [0, 0.1) is 17.2 Å². The summed E-state index contributed by atoms with van der Waals surface area (Å²) < 4.78 is 5.24. The molecule has 0 aliphatic heterocycles. The van der Waals surface area contributed by atoms with Crippen molar-refractivity contribution in [2.45, 2.75) is 18.9 Å². The van der Waals surface area contributed by atoms with Gasteiger partial charge in [0.1, 0.15) is 5.75 Å². The van der Waals surface area contributed by atoms with Gasteiger partial charge in [-0.2, -0.15) is 5.26 Å². The van der Waals surface area contributed by atoms with Crippen LogP contribution in [0.2, 0.25) is 0 Å². The number of hydrogen-bond acceptors (Lipinski definition) is 3. The van der Waals surface area contributed by atoms with Gasteiger partial charge in [-0.15, -0.1) is 0 Å². The van der Waals surface area contributed by atoms with E-state index in [2.05, 4.69) is 6.07 Å². The minimum Gasteiger partial charge on any atom is -0.496 e. The van der Waals surface area contributed by atoms with Gasteiger partial charge < -0.3 is 9.84 Å². The SMILES string of the molecule is COc1cccc2c1CCC(C#N)C2O. The summed E-state index contributed by atoms with van der Waals surface area (Å²) in [6, 6.07) is 7.74. The average Bonchev–Trinajstić information content (AvgIpc) is 2.29. The van der Waals surface area contributed by atoms with Gasteiger partial charge in [0.15, 0.2) is 0 Å². The maximum Gasteiger partial charge on any atom is 0.122 e. The Morgan fingerprint density at radius 1 is 1.53 bits per heavy atom. The van der Waals surface area contributed by atoms with E-state index < -0.39 is 6.10 Å². The normalized spacial score (nSPS) is 24.1. The quantitative estimate of drug-likeness (QED) is 0.757. The van der Waals surface area contributed by atoms with Crippen LogP contribution < -0.4 is 4.74 Å². The lowest BCUT2D eigenvalue weighted by Crippen LogP contribution is -2.19. The van der Waals surface area contributed by atoms with Crippen LogP contribution in [-0.4, -0.2) is 12.2 Å². The highest BCUT2D eigenvalue weighted by Gasteiger charge is 2.29. The Labute approximate surface area is 88.9 Å². The highest BCUT2D eigenvalue weighted by Crippen LogP contribution is 2.38. The number of ether oxygens (including phenoxy) is 1. The molecule has 78 valence electrons. The van der Waals surface area contributed by atoms with Crippen LogP contribution in [-0.2, 0) is 6.42 Å². The zero-order valence-corrected chi connectivity index (χ0v) is 8.60. The third-order valence-electron chi connectivity index (χ3n) is 2.96. The van der Waals surface area contributed by atoms with Crippen LogP contribution >= 0.6 is 0 Å². The zero-order chi connectivity index (χ0) is 10.8. The molecule has 0 amide bonds. The molecule has 0 aromatic heterocycles. The van der Waals surface area contributed by atoms with E-state index in [0.29, 0.717) is 6.42 Å². The Bertz CT molecular complexity index is 409. The molecule has 1 N–H and O–H groups in total. The van der Waals surface area contributed by atoms with Crippen LogP contribution in [0.3, 0.4) is 0 Å². The van der Waals surface area contributed by atoms with Gasteiger partial charge in [0.2, 0.25) is 0 Å². The lowest BCUT2D eigenvalue weighted by Gasteiger charge is -2.26. The molecule has 0 spiro atoms. The van der Waals surface area contributed by atoms with E-state index in [1.54, 1.807) is 7.11 Å². The number of aliphatic hydroxyl groups is 1. The highest BCUT2D eigenvalue weighted by molar-refractivity contribution is 5.43. The van der Waals surface area contributed by atoms with Crippen LogP contribution in [0.4, 0.5) is 0 Å². The number of methoxy groups -OCH3 is 1. The lowest BCUT2D eigenvalue weighted by atomic mass is 9.82. The maximum absolute atomic E-state index is 9.96. The number of nitrogens with zero attached hydrogens (tertiary/aromatic N) is 1. The molecule has 1 aliphatic rings. The van der Waals surface area contributed by atoms with Crippen molar-refractivity contribution in [3.63, 3.8) is 0 Å². The molecule has 0 radical (unpaired) electrons. The minimum absolute atomic E-state index is 0.287.